The molecule has 1 aliphatic rings. The minimum Gasteiger partial charge on any atom is -0.339 e. The first-order valence-corrected chi connectivity index (χ1v) is 9.40. The molecule has 1 amide bonds. The van der Waals surface area contributed by atoms with Crippen molar-refractivity contribution in [2.75, 3.05) is 18.8 Å². The number of carbonyl (C=O) groups excluding carboxylic acids is 1. The number of imidazole rings is 1. The number of rotatable bonds is 4. The smallest absolute Gasteiger partial charge is 0.339 e. The third-order valence-electron chi connectivity index (χ3n) is 4.59. The SMILES string of the molecule is Cn1ccnc1SCC1CCN(C(=O)c2ccc(C(F)(F)F)cc2)CC1. The fourth-order valence-corrected chi connectivity index (χ4v) is 4.09. The topological polar surface area (TPSA) is 38.1 Å². The molecular weight excluding hydrogens is 363 g/mol. The zero-order valence-electron chi connectivity index (χ0n) is 14.4. The Morgan fingerprint density at radius 1 is 1.23 bits per heavy atom. The summed E-state index contributed by atoms with van der Waals surface area (Å²) in [7, 11) is 1.96. The molecule has 1 fully saturated rings. The molecule has 140 valence electrons. The minimum atomic E-state index is -4.38. The number of hydrogen-bond acceptors (Lipinski definition) is 3. The molecule has 8 heteroatoms. The van der Waals surface area contributed by atoms with Crippen LogP contribution in [-0.2, 0) is 13.2 Å². The van der Waals surface area contributed by atoms with Crippen molar-refractivity contribution in [3.8, 4) is 0 Å². The van der Waals surface area contributed by atoms with Crippen LogP contribution in [0.2, 0.25) is 0 Å². The van der Waals surface area contributed by atoms with Gasteiger partial charge in [-0.1, -0.05) is 11.8 Å². The monoisotopic (exact) mass is 383 g/mol. The maximum absolute atomic E-state index is 12.6. The summed E-state index contributed by atoms with van der Waals surface area (Å²) in [6.45, 7) is 1.26. The van der Waals surface area contributed by atoms with Gasteiger partial charge in [-0.05, 0) is 43.0 Å². The molecule has 26 heavy (non-hydrogen) atoms. The van der Waals surface area contributed by atoms with Gasteiger partial charge in [0.2, 0.25) is 0 Å². The highest BCUT2D eigenvalue weighted by molar-refractivity contribution is 7.99. The molecule has 3 rings (SSSR count). The summed E-state index contributed by atoms with van der Waals surface area (Å²) in [4.78, 5) is 18.5. The summed E-state index contributed by atoms with van der Waals surface area (Å²) in [6, 6.07) is 4.44. The normalized spacial score (nSPS) is 16.1. The summed E-state index contributed by atoms with van der Waals surface area (Å²) < 4.78 is 39.8. The van der Waals surface area contributed by atoms with Crippen LogP contribution in [0.4, 0.5) is 13.2 Å². The van der Waals surface area contributed by atoms with Gasteiger partial charge in [-0.3, -0.25) is 4.79 Å². The summed E-state index contributed by atoms with van der Waals surface area (Å²) in [5.74, 6) is 1.26. The highest BCUT2D eigenvalue weighted by Crippen LogP contribution is 2.30. The number of aromatic nitrogens is 2. The van der Waals surface area contributed by atoms with Crippen molar-refractivity contribution in [3.05, 3.63) is 47.8 Å². The second-order valence-electron chi connectivity index (χ2n) is 6.44. The molecule has 0 radical (unpaired) electrons. The molecule has 2 aromatic rings. The van der Waals surface area contributed by atoms with Gasteiger partial charge in [-0.15, -0.1) is 0 Å². The van der Waals surface area contributed by atoms with Gasteiger partial charge < -0.3 is 9.47 Å². The summed E-state index contributed by atoms with van der Waals surface area (Å²) in [6.07, 6.45) is 1.08. The van der Waals surface area contributed by atoms with Crippen LogP contribution in [0.25, 0.3) is 0 Å². The average molecular weight is 383 g/mol. The molecule has 0 unspecified atom stereocenters. The molecule has 0 spiro atoms. The second kappa shape index (κ2) is 7.73. The Labute approximate surface area is 154 Å². The molecule has 1 aromatic carbocycles. The van der Waals surface area contributed by atoms with Gasteiger partial charge in [0, 0.05) is 43.8 Å². The van der Waals surface area contributed by atoms with E-state index in [1.165, 1.54) is 12.1 Å². The number of benzene rings is 1. The van der Waals surface area contributed by atoms with Gasteiger partial charge >= 0.3 is 6.18 Å². The first-order valence-electron chi connectivity index (χ1n) is 8.41. The molecule has 2 heterocycles. The van der Waals surface area contributed by atoms with Crippen molar-refractivity contribution in [2.24, 2.45) is 13.0 Å². The minimum absolute atomic E-state index is 0.200. The van der Waals surface area contributed by atoms with Crippen molar-refractivity contribution in [1.82, 2.24) is 14.5 Å². The lowest BCUT2D eigenvalue weighted by atomic mass is 9.98. The van der Waals surface area contributed by atoms with Gasteiger partial charge in [-0.2, -0.15) is 13.2 Å². The van der Waals surface area contributed by atoms with Crippen LogP contribution in [0.15, 0.2) is 41.8 Å². The molecule has 1 aromatic heterocycles. The number of aryl methyl sites for hydroxylation is 1. The fourth-order valence-electron chi connectivity index (χ4n) is 2.97. The maximum atomic E-state index is 12.6. The van der Waals surface area contributed by atoms with Crippen molar-refractivity contribution in [1.29, 1.82) is 0 Å². The maximum Gasteiger partial charge on any atom is 0.416 e. The van der Waals surface area contributed by atoms with Crippen molar-refractivity contribution in [3.63, 3.8) is 0 Å². The third-order valence-corrected chi connectivity index (χ3v) is 5.88. The van der Waals surface area contributed by atoms with Crippen LogP contribution >= 0.6 is 11.8 Å². The van der Waals surface area contributed by atoms with E-state index >= 15 is 0 Å². The molecule has 0 atom stereocenters. The Morgan fingerprint density at radius 2 is 1.88 bits per heavy atom. The summed E-state index contributed by atoms with van der Waals surface area (Å²) in [5, 5.41) is 0.980. The number of alkyl halides is 3. The number of piperidine rings is 1. The van der Waals surface area contributed by atoms with Gasteiger partial charge in [0.15, 0.2) is 5.16 Å². The first kappa shape index (κ1) is 18.8. The number of likely N-dealkylation sites (tertiary alicyclic amines) is 1. The molecular formula is C18H20F3N3OS. The average Bonchev–Trinajstić information content (AvgIpc) is 3.04. The lowest BCUT2D eigenvalue weighted by Gasteiger charge is -2.32. The van der Waals surface area contributed by atoms with Gasteiger partial charge in [0.25, 0.3) is 5.91 Å². The fraction of sp³-hybridized carbons (Fsp3) is 0.444. The predicted molar refractivity (Wildman–Crippen MR) is 94.0 cm³/mol. The zero-order chi connectivity index (χ0) is 18.7. The predicted octanol–water partition coefficient (Wildman–Crippen LogP) is 4.08. The van der Waals surface area contributed by atoms with E-state index in [4.69, 9.17) is 0 Å². The highest BCUT2D eigenvalue weighted by atomic mass is 32.2. The Kier molecular flexibility index (Phi) is 5.60. The number of thioether (sulfide) groups is 1. The van der Waals surface area contributed by atoms with Crippen LogP contribution in [0.1, 0.15) is 28.8 Å². The van der Waals surface area contributed by atoms with E-state index in [0.29, 0.717) is 24.6 Å². The molecule has 1 aliphatic heterocycles. The number of halogens is 3. The quantitative estimate of drug-likeness (QED) is 0.747. The second-order valence-corrected chi connectivity index (χ2v) is 7.43. The van der Waals surface area contributed by atoms with E-state index < -0.39 is 11.7 Å². The molecule has 4 nitrogen and oxygen atoms in total. The van der Waals surface area contributed by atoms with Crippen LogP contribution in [-0.4, -0.2) is 39.2 Å². The molecule has 0 N–H and O–H groups in total. The highest BCUT2D eigenvalue weighted by Gasteiger charge is 2.31. The number of carbonyl (C=O) groups is 1. The number of amides is 1. The largest absolute Gasteiger partial charge is 0.416 e. The third kappa shape index (κ3) is 4.41. The number of nitrogens with zero attached hydrogens (tertiary/aromatic N) is 3. The van der Waals surface area contributed by atoms with E-state index in [0.717, 1.165) is 35.9 Å². The van der Waals surface area contributed by atoms with Gasteiger partial charge in [0.05, 0.1) is 5.56 Å². The van der Waals surface area contributed by atoms with Crippen molar-refractivity contribution >= 4 is 17.7 Å². The Hall–Kier alpha value is -1.96. The van der Waals surface area contributed by atoms with E-state index in [-0.39, 0.29) is 5.91 Å². The van der Waals surface area contributed by atoms with Gasteiger partial charge in [-0.25, -0.2) is 4.98 Å². The van der Waals surface area contributed by atoms with E-state index in [2.05, 4.69) is 4.98 Å². The Morgan fingerprint density at radius 3 is 2.42 bits per heavy atom. The zero-order valence-corrected chi connectivity index (χ0v) is 15.2. The van der Waals surface area contributed by atoms with E-state index in [1.54, 1.807) is 22.9 Å². The lowest BCUT2D eigenvalue weighted by Crippen LogP contribution is -2.39. The number of hydrogen-bond donors (Lipinski definition) is 0. The van der Waals surface area contributed by atoms with Crippen LogP contribution in [0, 0.1) is 5.92 Å². The van der Waals surface area contributed by atoms with Crippen LogP contribution < -0.4 is 0 Å². The lowest BCUT2D eigenvalue weighted by molar-refractivity contribution is -0.137. The summed E-state index contributed by atoms with van der Waals surface area (Å²) >= 11 is 1.71. The molecule has 0 bridgehead atoms. The van der Waals surface area contributed by atoms with Crippen molar-refractivity contribution < 1.29 is 18.0 Å². The first-order chi connectivity index (χ1) is 12.3. The van der Waals surface area contributed by atoms with Crippen LogP contribution in [0.5, 0.6) is 0 Å². The Bertz CT molecular complexity index is 750. The van der Waals surface area contributed by atoms with E-state index in [1.807, 2.05) is 17.8 Å². The van der Waals surface area contributed by atoms with E-state index in [9.17, 15) is 18.0 Å². The molecule has 0 aliphatic carbocycles. The molecule has 0 saturated carbocycles. The van der Waals surface area contributed by atoms with Crippen molar-refractivity contribution in [2.45, 2.75) is 24.2 Å². The molecule has 1 saturated heterocycles. The Balaban J connectivity index is 1.51. The van der Waals surface area contributed by atoms with Gasteiger partial charge in [0.1, 0.15) is 0 Å². The standard InChI is InChI=1S/C18H20F3N3OS/c1-23-11-8-22-17(23)26-12-13-6-9-24(10-7-13)16(25)14-2-4-15(5-3-14)18(19,20)21/h2-5,8,11,13H,6-7,9-10,12H2,1H3. The van der Waals surface area contributed by atoms with Crippen LogP contribution in [0.3, 0.4) is 0 Å². The summed E-state index contributed by atoms with van der Waals surface area (Å²) in [5.41, 5.74) is -0.432.